The van der Waals surface area contributed by atoms with Crippen LogP contribution in [-0.4, -0.2) is 65.0 Å². The Hall–Kier alpha value is -0.250. The van der Waals surface area contributed by atoms with Gasteiger partial charge in [-0.2, -0.15) is 0 Å². The van der Waals surface area contributed by atoms with Crippen LogP contribution >= 0.6 is 0 Å². The number of piperidine rings is 1. The van der Waals surface area contributed by atoms with Gasteiger partial charge in [0.15, 0.2) is 0 Å². The number of nitrogens with two attached hydrogens (primary N) is 1. The van der Waals surface area contributed by atoms with Gasteiger partial charge in [0.1, 0.15) is 0 Å². The molecule has 0 aliphatic carbocycles. The van der Waals surface area contributed by atoms with Crippen molar-refractivity contribution in [2.45, 2.75) is 25.3 Å². The zero-order valence-corrected chi connectivity index (χ0v) is 13.2. The van der Waals surface area contributed by atoms with Crippen LogP contribution in [0.5, 0.6) is 0 Å². The average molecular weight is 309 g/mol. The molecule has 3 N–H and O–H groups in total. The summed E-state index contributed by atoms with van der Waals surface area (Å²) in [5, 5.41) is 0. The van der Waals surface area contributed by atoms with Crippen molar-refractivity contribution in [3.63, 3.8) is 0 Å². The second-order valence-corrected chi connectivity index (χ2v) is 7.28. The second-order valence-electron chi connectivity index (χ2n) is 5.30. The summed E-state index contributed by atoms with van der Waals surface area (Å²) in [5.41, 5.74) is 2.75. The Morgan fingerprint density at radius 1 is 1.45 bits per heavy atom. The van der Waals surface area contributed by atoms with Gasteiger partial charge in [0.25, 0.3) is 0 Å². The van der Waals surface area contributed by atoms with Gasteiger partial charge in [0.05, 0.1) is 26.1 Å². The van der Waals surface area contributed by atoms with Crippen molar-refractivity contribution in [3.05, 3.63) is 0 Å². The van der Waals surface area contributed by atoms with Crippen molar-refractivity contribution in [2.75, 3.05) is 46.3 Å². The van der Waals surface area contributed by atoms with Gasteiger partial charge in [-0.3, -0.25) is 11.3 Å². The number of hydrazine groups is 1. The number of methoxy groups -OCH3 is 1. The minimum absolute atomic E-state index is 0.0383. The predicted octanol–water partition coefficient (Wildman–Crippen LogP) is -0.457. The van der Waals surface area contributed by atoms with E-state index in [1.165, 1.54) is 6.26 Å². The quantitative estimate of drug-likeness (QED) is 0.340. The van der Waals surface area contributed by atoms with E-state index in [0.717, 1.165) is 19.3 Å². The minimum Gasteiger partial charge on any atom is -0.382 e. The fourth-order valence-electron chi connectivity index (χ4n) is 2.47. The van der Waals surface area contributed by atoms with E-state index in [9.17, 15) is 8.42 Å². The van der Waals surface area contributed by atoms with E-state index in [2.05, 4.69) is 5.43 Å². The van der Waals surface area contributed by atoms with Crippen LogP contribution < -0.4 is 11.3 Å². The van der Waals surface area contributed by atoms with E-state index in [1.54, 1.807) is 11.4 Å². The first-order valence-electron chi connectivity index (χ1n) is 6.95. The van der Waals surface area contributed by atoms with Crippen LogP contribution in [0.1, 0.15) is 19.3 Å². The van der Waals surface area contributed by atoms with Gasteiger partial charge in [0, 0.05) is 26.2 Å². The Labute approximate surface area is 121 Å². The molecule has 120 valence electrons. The third-order valence-electron chi connectivity index (χ3n) is 3.56. The van der Waals surface area contributed by atoms with Crippen LogP contribution in [0.3, 0.4) is 0 Å². The molecule has 1 aliphatic rings. The number of sulfonamides is 1. The maximum atomic E-state index is 11.6. The van der Waals surface area contributed by atoms with Gasteiger partial charge in [-0.25, -0.2) is 12.7 Å². The Bertz CT molecular complexity index is 364. The molecule has 0 radical (unpaired) electrons. The highest BCUT2D eigenvalue weighted by molar-refractivity contribution is 7.88. The molecule has 2 atom stereocenters. The lowest BCUT2D eigenvalue weighted by atomic mass is 9.93. The van der Waals surface area contributed by atoms with Crippen LogP contribution in [0.2, 0.25) is 0 Å². The first-order chi connectivity index (χ1) is 9.47. The smallest absolute Gasteiger partial charge is 0.211 e. The summed E-state index contributed by atoms with van der Waals surface area (Å²) in [4.78, 5) is 0. The van der Waals surface area contributed by atoms with Crippen molar-refractivity contribution in [3.8, 4) is 0 Å². The third kappa shape index (κ3) is 6.47. The molecule has 2 unspecified atom stereocenters. The first-order valence-corrected chi connectivity index (χ1v) is 8.80. The Balaban J connectivity index is 2.36. The van der Waals surface area contributed by atoms with E-state index in [-0.39, 0.29) is 6.04 Å². The lowest BCUT2D eigenvalue weighted by molar-refractivity contribution is 0.0532. The van der Waals surface area contributed by atoms with Crippen molar-refractivity contribution in [1.29, 1.82) is 0 Å². The van der Waals surface area contributed by atoms with Crippen molar-refractivity contribution in [1.82, 2.24) is 9.73 Å². The molecule has 8 heteroatoms. The lowest BCUT2D eigenvalue weighted by Crippen LogP contribution is -2.44. The molecule has 1 aliphatic heterocycles. The molecule has 0 spiro atoms. The summed E-state index contributed by atoms with van der Waals surface area (Å²) in [5.74, 6) is 5.86. The number of rotatable bonds is 9. The molecule has 1 fully saturated rings. The highest BCUT2D eigenvalue weighted by Gasteiger charge is 2.27. The van der Waals surface area contributed by atoms with E-state index >= 15 is 0 Å². The van der Waals surface area contributed by atoms with Gasteiger partial charge >= 0.3 is 0 Å². The predicted molar refractivity (Wildman–Crippen MR) is 77.6 cm³/mol. The Morgan fingerprint density at radius 2 is 2.20 bits per heavy atom. The van der Waals surface area contributed by atoms with E-state index in [4.69, 9.17) is 15.3 Å². The molecule has 20 heavy (non-hydrogen) atoms. The number of nitrogens with one attached hydrogen (secondary N) is 1. The molecule has 0 aromatic carbocycles. The molecule has 0 saturated carbocycles. The Kier molecular flexibility index (Phi) is 7.93. The fraction of sp³-hybridized carbons (Fsp3) is 1.00. The van der Waals surface area contributed by atoms with Gasteiger partial charge in [-0.1, -0.05) is 0 Å². The topological polar surface area (TPSA) is 93.9 Å². The Morgan fingerprint density at radius 3 is 2.80 bits per heavy atom. The van der Waals surface area contributed by atoms with Crippen LogP contribution in [-0.2, 0) is 19.5 Å². The molecular weight excluding hydrogens is 282 g/mol. The zero-order chi connectivity index (χ0) is 15.0. The van der Waals surface area contributed by atoms with E-state index in [0.29, 0.717) is 38.8 Å². The summed E-state index contributed by atoms with van der Waals surface area (Å²) >= 11 is 0. The van der Waals surface area contributed by atoms with Gasteiger partial charge in [-0.05, 0) is 25.2 Å². The monoisotopic (exact) mass is 309 g/mol. The summed E-state index contributed by atoms with van der Waals surface area (Å²) in [7, 11) is -1.46. The highest BCUT2D eigenvalue weighted by atomic mass is 32.2. The molecule has 0 bridgehead atoms. The van der Waals surface area contributed by atoms with E-state index < -0.39 is 10.0 Å². The summed E-state index contributed by atoms with van der Waals surface area (Å²) in [6, 6.07) is 0.0383. The minimum atomic E-state index is -3.09. The highest BCUT2D eigenvalue weighted by Crippen LogP contribution is 2.22. The number of hydrogen-bond acceptors (Lipinski definition) is 6. The summed E-state index contributed by atoms with van der Waals surface area (Å²) < 4.78 is 35.1. The number of hydrogen-bond donors (Lipinski definition) is 2. The van der Waals surface area contributed by atoms with Gasteiger partial charge in [-0.15, -0.1) is 0 Å². The van der Waals surface area contributed by atoms with Crippen molar-refractivity contribution >= 4 is 10.0 Å². The molecule has 7 nitrogen and oxygen atoms in total. The zero-order valence-electron chi connectivity index (χ0n) is 12.4. The van der Waals surface area contributed by atoms with Crippen LogP contribution in [0.25, 0.3) is 0 Å². The molecule has 1 rings (SSSR count). The van der Waals surface area contributed by atoms with Crippen LogP contribution in [0.4, 0.5) is 0 Å². The maximum Gasteiger partial charge on any atom is 0.211 e. The van der Waals surface area contributed by atoms with Crippen LogP contribution in [0.15, 0.2) is 0 Å². The fourth-order valence-corrected chi connectivity index (χ4v) is 3.42. The maximum absolute atomic E-state index is 11.6. The van der Waals surface area contributed by atoms with Crippen LogP contribution in [0, 0.1) is 5.92 Å². The van der Waals surface area contributed by atoms with E-state index in [1.807, 2.05) is 0 Å². The summed E-state index contributed by atoms with van der Waals surface area (Å²) in [6.45, 7) is 2.81. The molecular formula is C12H27N3O4S. The number of nitrogens with zero attached hydrogens (tertiary/aromatic N) is 1. The molecule has 0 aromatic rings. The largest absolute Gasteiger partial charge is 0.382 e. The second kappa shape index (κ2) is 8.91. The average Bonchev–Trinajstić information content (AvgIpc) is 2.41. The number of ether oxygens (including phenoxy) is 2. The van der Waals surface area contributed by atoms with Crippen molar-refractivity contribution in [2.24, 2.45) is 11.8 Å². The first kappa shape index (κ1) is 17.8. The van der Waals surface area contributed by atoms with Gasteiger partial charge in [0.2, 0.25) is 10.0 Å². The SMILES string of the molecule is COCCOCC(CC1CCCN(S(C)(=O)=O)C1)NN. The molecule has 1 saturated heterocycles. The van der Waals surface area contributed by atoms with Gasteiger partial charge < -0.3 is 9.47 Å². The standard InChI is InChI=1S/C12H27N3O4S/c1-18-6-7-19-10-12(14-13)8-11-4-3-5-15(9-11)20(2,16)17/h11-12,14H,3-10,13H2,1-2H3. The summed E-state index contributed by atoms with van der Waals surface area (Å²) in [6.07, 6.45) is 4.01. The molecule has 1 heterocycles. The molecule has 0 aromatic heterocycles. The lowest BCUT2D eigenvalue weighted by Gasteiger charge is -2.32. The molecule has 0 amide bonds. The third-order valence-corrected chi connectivity index (χ3v) is 4.82. The van der Waals surface area contributed by atoms with Crippen molar-refractivity contribution < 1.29 is 17.9 Å². The normalized spacial score (nSPS) is 22.9.